The number of hydrogen-bond acceptors (Lipinski definition) is 2. The third-order valence-electron chi connectivity index (χ3n) is 1.49. The summed E-state index contributed by atoms with van der Waals surface area (Å²) in [5, 5.41) is 0. The molecule has 1 aliphatic heterocycles. The quantitative estimate of drug-likeness (QED) is 0.386. The van der Waals surface area contributed by atoms with Crippen molar-refractivity contribution in [2.24, 2.45) is 0 Å². The molecular formula is C7H13NO+. The molecule has 0 unspecified atom stereocenters. The van der Waals surface area contributed by atoms with Gasteiger partial charge in [-0.3, -0.25) is 0 Å². The molecule has 0 aromatic carbocycles. The van der Waals surface area contributed by atoms with Crippen molar-refractivity contribution in [3.05, 3.63) is 12.7 Å². The van der Waals surface area contributed by atoms with Crippen LogP contribution in [0.15, 0.2) is 12.7 Å². The number of rotatable bonds is 2. The molecule has 1 heterocycles. The van der Waals surface area contributed by atoms with Crippen molar-refractivity contribution in [2.45, 2.75) is 0 Å². The van der Waals surface area contributed by atoms with Crippen LogP contribution in [0, 0.1) is 0 Å². The van der Waals surface area contributed by atoms with Gasteiger partial charge in [0.2, 0.25) is 0 Å². The topological polar surface area (TPSA) is 15.1 Å². The Kier molecular flexibility index (Phi) is 2.74. The molecule has 1 aliphatic rings. The predicted octanol–water partition coefficient (Wildman–Crippen LogP) is 0.343. The molecule has 2 nitrogen and oxygen atoms in total. The fourth-order valence-corrected chi connectivity index (χ4v) is 0.966. The van der Waals surface area contributed by atoms with Crippen LogP contribution in [0.4, 0.5) is 0 Å². The summed E-state index contributed by atoms with van der Waals surface area (Å²) < 4.78 is 5.17. The first kappa shape index (κ1) is 6.78. The third kappa shape index (κ3) is 2.16. The number of hydrogen-bond donors (Lipinski definition) is 0. The largest absolute Gasteiger partial charge is 0.369 e. The first-order valence-electron chi connectivity index (χ1n) is 3.34. The minimum absolute atomic E-state index is 0.883. The molecular weight excluding hydrogens is 114 g/mol. The molecule has 9 heavy (non-hydrogen) atoms. The smallest absolute Gasteiger partial charge is 0.146 e. The van der Waals surface area contributed by atoms with Gasteiger partial charge in [-0.15, -0.1) is 0 Å². The van der Waals surface area contributed by atoms with E-state index in [0.717, 1.165) is 32.8 Å². The highest BCUT2D eigenvalue weighted by Gasteiger charge is 2.16. The van der Waals surface area contributed by atoms with E-state index >= 15 is 0 Å². The zero-order valence-electron chi connectivity index (χ0n) is 5.68. The van der Waals surface area contributed by atoms with Crippen LogP contribution in [0.25, 0.3) is 0 Å². The molecule has 0 aliphatic carbocycles. The Morgan fingerprint density at radius 3 is 2.67 bits per heavy atom. The minimum Gasteiger partial charge on any atom is -0.369 e. The maximum Gasteiger partial charge on any atom is 0.146 e. The average molecular weight is 127 g/mol. The average Bonchev–Trinajstić information content (AvgIpc) is 1.91. The number of nitrogens with zero attached hydrogens (tertiary/aromatic N) is 1. The molecule has 0 N–H and O–H groups in total. The van der Waals surface area contributed by atoms with E-state index in [4.69, 9.17) is 4.74 Å². The summed E-state index contributed by atoms with van der Waals surface area (Å²) in [5.41, 5.74) is 0. The van der Waals surface area contributed by atoms with Gasteiger partial charge in [-0.05, 0) is 6.08 Å². The lowest BCUT2D eigenvalue weighted by Gasteiger charge is -2.15. The molecule has 1 saturated heterocycles. The van der Waals surface area contributed by atoms with E-state index in [-0.39, 0.29) is 0 Å². The van der Waals surface area contributed by atoms with Gasteiger partial charge in [-0.2, -0.15) is 4.90 Å². The normalized spacial score (nSPS) is 21.8. The predicted molar refractivity (Wildman–Crippen MR) is 37.8 cm³/mol. The van der Waals surface area contributed by atoms with Gasteiger partial charge < -0.3 is 4.74 Å². The van der Waals surface area contributed by atoms with Crippen LogP contribution in [-0.4, -0.2) is 32.8 Å². The van der Waals surface area contributed by atoms with Crippen molar-refractivity contribution in [3.8, 4) is 0 Å². The van der Waals surface area contributed by atoms with E-state index in [0.29, 0.717) is 0 Å². The lowest BCUT2D eigenvalue weighted by molar-refractivity contribution is 0.0788. The summed E-state index contributed by atoms with van der Waals surface area (Å²) >= 11 is 0. The highest BCUT2D eigenvalue weighted by molar-refractivity contribution is 4.78. The highest BCUT2D eigenvalue weighted by atomic mass is 16.5. The maximum absolute atomic E-state index is 5.17. The lowest BCUT2D eigenvalue weighted by atomic mass is 10.4. The first-order chi connectivity index (χ1) is 4.43. The summed E-state index contributed by atoms with van der Waals surface area (Å²) in [4.78, 5) is 2.33. The highest BCUT2D eigenvalue weighted by Crippen LogP contribution is 1.91. The Balaban J connectivity index is 2.15. The van der Waals surface area contributed by atoms with E-state index in [2.05, 4.69) is 11.5 Å². The van der Waals surface area contributed by atoms with Crippen molar-refractivity contribution in [2.75, 3.05) is 32.8 Å². The third-order valence-corrected chi connectivity index (χ3v) is 1.49. The van der Waals surface area contributed by atoms with Crippen molar-refractivity contribution in [3.63, 3.8) is 0 Å². The van der Waals surface area contributed by atoms with Crippen LogP contribution in [0.1, 0.15) is 0 Å². The Hall–Kier alpha value is -0.340. The van der Waals surface area contributed by atoms with Gasteiger partial charge in [0.15, 0.2) is 0 Å². The molecule has 0 aromatic rings. The fourth-order valence-electron chi connectivity index (χ4n) is 0.966. The van der Waals surface area contributed by atoms with Crippen molar-refractivity contribution in [1.82, 2.24) is 4.90 Å². The molecule has 1 radical (unpaired) electrons. The second kappa shape index (κ2) is 3.64. The van der Waals surface area contributed by atoms with E-state index < -0.39 is 0 Å². The van der Waals surface area contributed by atoms with Crippen LogP contribution in [-0.2, 0) is 4.74 Å². The maximum atomic E-state index is 5.17. The molecule has 1 fully saturated rings. The Bertz CT molecular complexity index is 86.9. The van der Waals surface area contributed by atoms with Gasteiger partial charge in [-0.1, -0.05) is 6.58 Å². The van der Waals surface area contributed by atoms with Gasteiger partial charge in [0.1, 0.15) is 32.8 Å². The molecule has 1 rings (SSSR count). The second-order valence-electron chi connectivity index (χ2n) is 2.20. The van der Waals surface area contributed by atoms with Crippen LogP contribution in [0.2, 0.25) is 0 Å². The van der Waals surface area contributed by atoms with Crippen molar-refractivity contribution < 1.29 is 4.74 Å². The first-order valence-corrected chi connectivity index (χ1v) is 3.34. The lowest BCUT2D eigenvalue weighted by Crippen LogP contribution is -2.41. The molecule has 0 saturated carbocycles. The second-order valence-corrected chi connectivity index (χ2v) is 2.20. The van der Waals surface area contributed by atoms with Gasteiger partial charge >= 0.3 is 0 Å². The summed E-state index contributed by atoms with van der Waals surface area (Å²) in [6, 6.07) is 0. The standard InChI is InChI=1S/C7H13NO/c1-2-3-8-4-6-9-7-5-8/h2H,1,3-7H2/q+1. The van der Waals surface area contributed by atoms with Gasteiger partial charge in [0.25, 0.3) is 0 Å². The molecule has 51 valence electrons. The Morgan fingerprint density at radius 1 is 1.44 bits per heavy atom. The Labute approximate surface area is 56.1 Å². The van der Waals surface area contributed by atoms with E-state index in [1.807, 2.05) is 6.08 Å². The van der Waals surface area contributed by atoms with E-state index in [1.54, 1.807) is 0 Å². The molecule has 0 spiro atoms. The van der Waals surface area contributed by atoms with Crippen LogP contribution in [0.3, 0.4) is 0 Å². The number of ether oxygens (including phenoxy) is 1. The van der Waals surface area contributed by atoms with Gasteiger partial charge in [0.05, 0.1) is 0 Å². The molecule has 0 atom stereocenters. The van der Waals surface area contributed by atoms with Crippen LogP contribution < -0.4 is 4.90 Å². The molecule has 0 amide bonds. The summed E-state index contributed by atoms with van der Waals surface area (Å²) in [5.74, 6) is 0. The molecule has 0 aromatic heterocycles. The monoisotopic (exact) mass is 127 g/mol. The zero-order valence-corrected chi connectivity index (χ0v) is 5.68. The van der Waals surface area contributed by atoms with Crippen molar-refractivity contribution >= 4 is 0 Å². The Morgan fingerprint density at radius 2 is 2.11 bits per heavy atom. The van der Waals surface area contributed by atoms with Crippen LogP contribution in [0.5, 0.6) is 0 Å². The SMILES string of the molecule is C=CC[N+]1CCOCC1. The summed E-state index contributed by atoms with van der Waals surface area (Å²) in [7, 11) is 0. The van der Waals surface area contributed by atoms with Gasteiger partial charge in [-0.25, -0.2) is 0 Å². The molecule has 2 heteroatoms. The fraction of sp³-hybridized carbons (Fsp3) is 0.714. The zero-order chi connectivity index (χ0) is 6.53. The van der Waals surface area contributed by atoms with Crippen LogP contribution >= 0.6 is 0 Å². The van der Waals surface area contributed by atoms with Gasteiger partial charge in [0, 0.05) is 0 Å². The minimum atomic E-state index is 0.883. The summed E-state index contributed by atoms with van der Waals surface area (Å²) in [6.07, 6.45) is 1.94. The van der Waals surface area contributed by atoms with Crippen molar-refractivity contribution in [1.29, 1.82) is 0 Å². The molecule has 0 bridgehead atoms. The van der Waals surface area contributed by atoms with E-state index in [1.165, 1.54) is 0 Å². The summed E-state index contributed by atoms with van der Waals surface area (Å²) in [6.45, 7) is 8.56. The van der Waals surface area contributed by atoms with E-state index in [9.17, 15) is 0 Å². The number of morpholine rings is 1.